The fraction of sp³-hybridized carbons (Fsp3) is 0.667. The molecule has 0 aromatic carbocycles. The molecule has 7 heavy (non-hydrogen) atoms. The topological polar surface area (TPSA) is 14.1 Å². The quantitative estimate of drug-likeness (QED) is 0.389. The van der Waals surface area contributed by atoms with Crippen LogP contribution >= 0.6 is 0 Å². The summed E-state index contributed by atoms with van der Waals surface area (Å²) in [6, 6.07) is 0.616. The van der Waals surface area contributed by atoms with Crippen LogP contribution in [0.25, 0.3) is 0 Å². The van der Waals surface area contributed by atoms with Crippen molar-refractivity contribution < 1.29 is 0 Å². The minimum Gasteiger partial charge on any atom is -0.234 e. The normalized spacial score (nSPS) is 45.7. The van der Waals surface area contributed by atoms with E-state index in [1.165, 1.54) is 6.42 Å². The average Bonchev–Trinajstić information content (AvgIpc) is 2.22. The molecule has 1 aliphatic carbocycles. The van der Waals surface area contributed by atoms with Crippen LogP contribution in [0.1, 0.15) is 6.42 Å². The summed E-state index contributed by atoms with van der Waals surface area (Å²) in [6.45, 7) is 1.10. The third kappa shape index (κ3) is 0.416. The maximum Gasteiger partial charge on any atom is 0.0432 e. The molecule has 0 aromatic rings. The van der Waals surface area contributed by atoms with Gasteiger partial charge in [0.05, 0.1) is 0 Å². The smallest absolute Gasteiger partial charge is 0.0432 e. The van der Waals surface area contributed by atoms with Gasteiger partial charge in [-0.3, -0.25) is 0 Å². The summed E-state index contributed by atoms with van der Waals surface area (Å²) in [5, 5.41) is 4.32. The van der Waals surface area contributed by atoms with Gasteiger partial charge in [0.15, 0.2) is 0 Å². The molecular formula is C6H8N. The Morgan fingerprint density at radius 2 is 2.43 bits per heavy atom. The van der Waals surface area contributed by atoms with E-state index in [1.807, 2.05) is 0 Å². The largest absolute Gasteiger partial charge is 0.234 e. The van der Waals surface area contributed by atoms with E-state index in [0.29, 0.717) is 6.04 Å². The zero-order chi connectivity index (χ0) is 4.69. The molecular weight excluding hydrogens is 86.1 g/mol. The summed E-state index contributed by atoms with van der Waals surface area (Å²) < 4.78 is 0. The molecule has 2 rings (SSSR count). The van der Waals surface area contributed by atoms with Gasteiger partial charge in [-0.2, -0.15) is 0 Å². The van der Waals surface area contributed by atoms with Gasteiger partial charge in [-0.25, -0.2) is 5.32 Å². The van der Waals surface area contributed by atoms with Crippen LogP contribution in [0.5, 0.6) is 0 Å². The van der Waals surface area contributed by atoms with E-state index in [2.05, 4.69) is 17.5 Å². The second-order valence-electron chi connectivity index (χ2n) is 2.31. The van der Waals surface area contributed by atoms with Crippen molar-refractivity contribution in [2.24, 2.45) is 5.92 Å². The van der Waals surface area contributed by atoms with Crippen molar-refractivity contribution in [1.29, 1.82) is 0 Å². The molecule has 1 heterocycles. The number of hydrogen-bond acceptors (Lipinski definition) is 0. The summed E-state index contributed by atoms with van der Waals surface area (Å²) in [7, 11) is 0. The molecule has 0 amide bonds. The number of nitrogens with zero attached hydrogens (tertiary/aromatic N) is 1. The summed E-state index contributed by atoms with van der Waals surface area (Å²) >= 11 is 0. The van der Waals surface area contributed by atoms with Gasteiger partial charge < -0.3 is 0 Å². The molecule has 37 valence electrons. The van der Waals surface area contributed by atoms with E-state index in [4.69, 9.17) is 0 Å². The Labute approximate surface area is 43.4 Å². The van der Waals surface area contributed by atoms with Gasteiger partial charge in [-0.05, 0) is 12.3 Å². The predicted octanol–water partition coefficient (Wildman–Crippen LogP) is 0.549. The SMILES string of the molecule is C1=CC2CC1C[N]2. The van der Waals surface area contributed by atoms with Crippen molar-refractivity contribution in [3.63, 3.8) is 0 Å². The van der Waals surface area contributed by atoms with Crippen LogP contribution < -0.4 is 5.32 Å². The third-order valence-corrected chi connectivity index (χ3v) is 1.72. The molecule has 1 radical (unpaired) electrons. The van der Waals surface area contributed by atoms with Crippen LogP contribution in [-0.2, 0) is 0 Å². The highest BCUT2D eigenvalue weighted by atomic mass is 15.0. The standard InChI is InChI=1S/C6H8N/c1-2-6-3-5(1)4-7-6/h1-2,5-6H,3-4H2. The highest BCUT2D eigenvalue weighted by Crippen LogP contribution is 2.24. The molecule has 1 fully saturated rings. The second kappa shape index (κ2) is 1.10. The summed E-state index contributed by atoms with van der Waals surface area (Å²) in [5.41, 5.74) is 0. The number of hydrogen-bond donors (Lipinski definition) is 0. The van der Waals surface area contributed by atoms with Gasteiger partial charge in [0, 0.05) is 12.6 Å². The van der Waals surface area contributed by atoms with Crippen molar-refractivity contribution in [1.82, 2.24) is 5.32 Å². The maximum absolute atomic E-state index is 4.32. The van der Waals surface area contributed by atoms with Crippen molar-refractivity contribution in [2.75, 3.05) is 6.54 Å². The minimum absolute atomic E-state index is 0.616. The molecule has 0 aromatic heterocycles. The molecule has 2 atom stereocenters. The fourth-order valence-electron chi connectivity index (χ4n) is 1.29. The predicted molar refractivity (Wildman–Crippen MR) is 28.0 cm³/mol. The molecule has 2 unspecified atom stereocenters. The minimum atomic E-state index is 0.616. The Bertz CT molecular complexity index is 94.7. The van der Waals surface area contributed by atoms with Crippen LogP contribution in [0.15, 0.2) is 12.2 Å². The molecule has 2 bridgehead atoms. The van der Waals surface area contributed by atoms with Gasteiger partial charge >= 0.3 is 0 Å². The lowest BCUT2D eigenvalue weighted by Crippen LogP contribution is -2.11. The number of rotatable bonds is 0. The highest BCUT2D eigenvalue weighted by Gasteiger charge is 2.26. The van der Waals surface area contributed by atoms with Crippen LogP contribution in [0.2, 0.25) is 0 Å². The lowest BCUT2D eigenvalue weighted by Gasteiger charge is -1.98. The van der Waals surface area contributed by atoms with Gasteiger partial charge in [-0.1, -0.05) is 12.2 Å². The third-order valence-electron chi connectivity index (χ3n) is 1.72. The molecule has 2 aliphatic rings. The highest BCUT2D eigenvalue weighted by molar-refractivity contribution is 5.11. The lowest BCUT2D eigenvalue weighted by molar-refractivity contribution is 0.699. The number of fused-ring (bicyclic) bond motifs is 2. The zero-order valence-electron chi connectivity index (χ0n) is 4.17. The average molecular weight is 94.1 g/mol. The van der Waals surface area contributed by atoms with Gasteiger partial charge in [0.1, 0.15) is 0 Å². The van der Waals surface area contributed by atoms with Crippen molar-refractivity contribution in [3.8, 4) is 0 Å². The van der Waals surface area contributed by atoms with E-state index in [0.717, 1.165) is 12.5 Å². The van der Waals surface area contributed by atoms with Crippen LogP contribution in [0, 0.1) is 5.92 Å². The molecule has 1 nitrogen and oxygen atoms in total. The first-order valence-electron chi connectivity index (χ1n) is 2.80. The van der Waals surface area contributed by atoms with E-state index in [-0.39, 0.29) is 0 Å². The van der Waals surface area contributed by atoms with Crippen LogP contribution in [0.4, 0.5) is 0 Å². The molecule has 1 heteroatoms. The summed E-state index contributed by atoms with van der Waals surface area (Å²) in [5.74, 6) is 0.824. The van der Waals surface area contributed by atoms with Crippen molar-refractivity contribution in [3.05, 3.63) is 12.2 Å². The Hall–Kier alpha value is -0.300. The van der Waals surface area contributed by atoms with Gasteiger partial charge in [0.2, 0.25) is 0 Å². The Morgan fingerprint density at radius 1 is 1.43 bits per heavy atom. The van der Waals surface area contributed by atoms with Gasteiger partial charge in [-0.15, -0.1) is 0 Å². The Morgan fingerprint density at radius 3 is 2.57 bits per heavy atom. The van der Waals surface area contributed by atoms with E-state index in [9.17, 15) is 0 Å². The van der Waals surface area contributed by atoms with E-state index >= 15 is 0 Å². The molecule has 1 saturated heterocycles. The molecule has 0 spiro atoms. The first-order chi connectivity index (χ1) is 3.45. The van der Waals surface area contributed by atoms with Crippen LogP contribution in [0.3, 0.4) is 0 Å². The van der Waals surface area contributed by atoms with Crippen molar-refractivity contribution >= 4 is 0 Å². The Balaban J connectivity index is 2.27. The van der Waals surface area contributed by atoms with Crippen molar-refractivity contribution in [2.45, 2.75) is 12.5 Å². The Kier molecular flexibility index (Phi) is 0.577. The lowest BCUT2D eigenvalue weighted by atomic mass is 10.2. The molecule has 1 aliphatic heterocycles. The molecule has 0 N–H and O–H groups in total. The van der Waals surface area contributed by atoms with Gasteiger partial charge in [0.25, 0.3) is 0 Å². The maximum atomic E-state index is 4.32. The summed E-state index contributed by atoms with van der Waals surface area (Å²) in [6.07, 6.45) is 5.81. The monoisotopic (exact) mass is 94.1 g/mol. The fourth-order valence-corrected chi connectivity index (χ4v) is 1.29. The first kappa shape index (κ1) is 3.67. The van der Waals surface area contributed by atoms with E-state index in [1.54, 1.807) is 0 Å². The zero-order valence-corrected chi connectivity index (χ0v) is 4.17. The molecule has 0 saturated carbocycles. The first-order valence-corrected chi connectivity index (χ1v) is 2.80. The summed E-state index contributed by atoms with van der Waals surface area (Å²) in [4.78, 5) is 0. The van der Waals surface area contributed by atoms with E-state index < -0.39 is 0 Å². The second-order valence-corrected chi connectivity index (χ2v) is 2.31. The van der Waals surface area contributed by atoms with Crippen LogP contribution in [-0.4, -0.2) is 12.6 Å².